The summed E-state index contributed by atoms with van der Waals surface area (Å²) in [5.74, 6) is 0.777. The Balaban J connectivity index is 0.00000192. The zero-order chi connectivity index (χ0) is 15.6. The van der Waals surface area contributed by atoms with E-state index in [4.69, 9.17) is 10.5 Å². The predicted molar refractivity (Wildman–Crippen MR) is 95.3 cm³/mol. The average molecular weight is 360 g/mol. The average Bonchev–Trinajstić information content (AvgIpc) is 2.96. The van der Waals surface area contributed by atoms with E-state index in [9.17, 15) is 4.79 Å². The molecule has 0 saturated carbocycles. The van der Waals surface area contributed by atoms with Gasteiger partial charge in [-0.1, -0.05) is 13.3 Å². The first-order chi connectivity index (χ1) is 10.7. The maximum absolute atomic E-state index is 12.7. The first-order valence-corrected chi connectivity index (χ1v) is 9.06. The minimum Gasteiger partial charge on any atom is -0.381 e. The van der Waals surface area contributed by atoms with E-state index in [1.807, 2.05) is 0 Å². The molecule has 2 heterocycles. The van der Waals surface area contributed by atoms with Gasteiger partial charge in [0.25, 0.3) is 0 Å². The van der Waals surface area contributed by atoms with Crippen molar-refractivity contribution in [3.63, 3.8) is 0 Å². The Hall–Kier alpha value is -0.690. The lowest BCUT2D eigenvalue weighted by atomic mass is 9.79. The fourth-order valence-corrected chi connectivity index (χ4v) is 4.48. The Morgan fingerprint density at radius 2 is 2.22 bits per heavy atom. The summed E-state index contributed by atoms with van der Waals surface area (Å²) in [4.78, 5) is 18.7. The quantitative estimate of drug-likeness (QED) is 0.866. The van der Waals surface area contributed by atoms with Gasteiger partial charge in [-0.3, -0.25) is 4.79 Å². The van der Waals surface area contributed by atoms with Crippen LogP contribution in [-0.2, 0) is 22.4 Å². The minimum atomic E-state index is -0.490. The number of rotatable bonds is 4. The lowest BCUT2D eigenvalue weighted by Crippen LogP contribution is -2.46. The Labute approximate surface area is 147 Å². The number of anilines is 1. The van der Waals surface area contributed by atoms with E-state index in [1.54, 1.807) is 11.3 Å². The lowest BCUT2D eigenvalue weighted by Gasteiger charge is -2.34. The summed E-state index contributed by atoms with van der Waals surface area (Å²) in [6.07, 6.45) is 5.96. The SMILES string of the molecule is CCC1CCc2nc(NC(=O)C3(CN)CCOCC3)sc2C1.Cl. The van der Waals surface area contributed by atoms with E-state index in [0.717, 1.165) is 23.9 Å². The van der Waals surface area contributed by atoms with Crippen LogP contribution in [0.2, 0.25) is 0 Å². The minimum absolute atomic E-state index is 0. The number of nitrogens with zero attached hydrogens (tertiary/aromatic N) is 1. The van der Waals surface area contributed by atoms with Crippen LogP contribution < -0.4 is 11.1 Å². The van der Waals surface area contributed by atoms with Crippen molar-refractivity contribution < 1.29 is 9.53 Å². The zero-order valence-electron chi connectivity index (χ0n) is 13.6. The molecule has 3 rings (SSSR count). The number of nitrogens with one attached hydrogen (secondary N) is 1. The molecule has 130 valence electrons. The molecule has 1 saturated heterocycles. The van der Waals surface area contributed by atoms with Crippen LogP contribution in [0.5, 0.6) is 0 Å². The molecule has 3 N–H and O–H groups in total. The summed E-state index contributed by atoms with van der Waals surface area (Å²) in [6, 6.07) is 0. The van der Waals surface area contributed by atoms with Crippen molar-refractivity contribution in [2.45, 2.75) is 45.4 Å². The maximum Gasteiger partial charge on any atom is 0.233 e. The highest BCUT2D eigenvalue weighted by Crippen LogP contribution is 2.35. The summed E-state index contributed by atoms with van der Waals surface area (Å²) >= 11 is 1.64. The number of aromatic nitrogens is 1. The van der Waals surface area contributed by atoms with Crippen molar-refractivity contribution >= 4 is 34.8 Å². The molecular weight excluding hydrogens is 334 g/mol. The van der Waals surface area contributed by atoms with Crippen molar-refractivity contribution in [3.8, 4) is 0 Å². The summed E-state index contributed by atoms with van der Waals surface area (Å²) in [6.45, 7) is 3.83. The Morgan fingerprint density at radius 1 is 1.48 bits per heavy atom. The highest BCUT2D eigenvalue weighted by Gasteiger charge is 2.39. The Bertz CT molecular complexity index is 543. The molecule has 23 heavy (non-hydrogen) atoms. The molecule has 1 aromatic rings. The van der Waals surface area contributed by atoms with Crippen LogP contribution in [-0.4, -0.2) is 30.6 Å². The summed E-state index contributed by atoms with van der Waals surface area (Å²) in [5, 5.41) is 3.77. The number of amides is 1. The third-order valence-corrected chi connectivity index (χ3v) is 6.20. The highest BCUT2D eigenvalue weighted by atomic mass is 35.5. The number of carbonyl (C=O) groups excluding carboxylic acids is 1. The summed E-state index contributed by atoms with van der Waals surface area (Å²) in [5.41, 5.74) is 6.58. The number of thiazole rings is 1. The molecule has 5 nitrogen and oxygen atoms in total. The molecule has 0 spiro atoms. The number of nitrogens with two attached hydrogens (primary N) is 1. The zero-order valence-corrected chi connectivity index (χ0v) is 15.2. The van der Waals surface area contributed by atoms with Gasteiger partial charge in [0.2, 0.25) is 5.91 Å². The molecule has 1 unspecified atom stereocenters. The van der Waals surface area contributed by atoms with Crippen LogP contribution in [0.15, 0.2) is 0 Å². The molecule has 0 aromatic carbocycles. The second kappa shape index (κ2) is 7.92. The molecule has 1 aromatic heterocycles. The smallest absolute Gasteiger partial charge is 0.233 e. The fourth-order valence-electron chi connectivity index (χ4n) is 3.36. The van der Waals surface area contributed by atoms with Gasteiger partial charge in [0.15, 0.2) is 5.13 Å². The summed E-state index contributed by atoms with van der Waals surface area (Å²) in [7, 11) is 0. The van der Waals surface area contributed by atoms with Crippen molar-refractivity contribution in [1.82, 2.24) is 4.98 Å². The van der Waals surface area contributed by atoms with Crippen molar-refractivity contribution in [2.24, 2.45) is 17.1 Å². The van der Waals surface area contributed by atoms with E-state index >= 15 is 0 Å². The van der Waals surface area contributed by atoms with Crippen LogP contribution in [0.1, 0.15) is 43.2 Å². The van der Waals surface area contributed by atoms with Crippen LogP contribution >= 0.6 is 23.7 Å². The van der Waals surface area contributed by atoms with Crippen LogP contribution in [0.3, 0.4) is 0 Å². The van der Waals surface area contributed by atoms with E-state index in [1.165, 1.54) is 23.4 Å². The first-order valence-electron chi connectivity index (χ1n) is 8.24. The summed E-state index contributed by atoms with van der Waals surface area (Å²) < 4.78 is 5.37. The van der Waals surface area contributed by atoms with Gasteiger partial charge in [0, 0.05) is 24.6 Å². The van der Waals surface area contributed by atoms with Crippen LogP contribution in [0.4, 0.5) is 5.13 Å². The van der Waals surface area contributed by atoms with Gasteiger partial charge in [-0.25, -0.2) is 4.98 Å². The second-order valence-corrected chi connectivity index (χ2v) is 7.54. The van der Waals surface area contributed by atoms with Gasteiger partial charge in [0.05, 0.1) is 11.1 Å². The predicted octanol–water partition coefficient (Wildman–Crippen LogP) is 2.77. The van der Waals surface area contributed by atoms with E-state index < -0.39 is 5.41 Å². The number of aryl methyl sites for hydroxylation is 1. The number of ether oxygens (including phenoxy) is 1. The topological polar surface area (TPSA) is 77.2 Å². The number of hydrogen-bond donors (Lipinski definition) is 2. The maximum atomic E-state index is 12.7. The van der Waals surface area contributed by atoms with E-state index in [2.05, 4.69) is 17.2 Å². The first kappa shape index (κ1) is 18.6. The van der Waals surface area contributed by atoms with Crippen LogP contribution in [0.25, 0.3) is 0 Å². The molecule has 2 aliphatic rings. The molecule has 1 amide bonds. The number of halogens is 1. The highest BCUT2D eigenvalue weighted by molar-refractivity contribution is 7.15. The second-order valence-electron chi connectivity index (χ2n) is 6.46. The molecule has 1 aliphatic carbocycles. The van der Waals surface area contributed by atoms with Crippen LogP contribution in [0, 0.1) is 11.3 Å². The number of hydrogen-bond acceptors (Lipinski definition) is 5. The Morgan fingerprint density at radius 3 is 2.87 bits per heavy atom. The number of fused-ring (bicyclic) bond motifs is 1. The number of carbonyl (C=O) groups is 1. The van der Waals surface area contributed by atoms with Gasteiger partial charge in [-0.15, -0.1) is 23.7 Å². The van der Waals surface area contributed by atoms with Crippen molar-refractivity contribution in [2.75, 3.05) is 25.1 Å². The third kappa shape index (κ3) is 3.87. The van der Waals surface area contributed by atoms with Gasteiger partial charge >= 0.3 is 0 Å². The fraction of sp³-hybridized carbons (Fsp3) is 0.750. The van der Waals surface area contributed by atoms with Gasteiger partial charge in [-0.05, 0) is 38.0 Å². The standard InChI is InChI=1S/C16H25N3O2S.ClH/c1-2-11-3-4-12-13(9-11)22-15(18-12)19-14(20)16(10-17)5-7-21-8-6-16;/h11H,2-10,17H2,1H3,(H,18,19,20);1H. The normalized spacial score (nSPS) is 22.8. The monoisotopic (exact) mass is 359 g/mol. The molecular formula is C16H26ClN3O2S. The molecule has 1 aliphatic heterocycles. The molecule has 1 atom stereocenters. The molecule has 7 heteroatoms. The van der Waals surface area contributed by atoms with Gasteiger partial charge in [-0.2, -0.15) is 0 Å². The van der Waals surface area contributed by atoms with E-state index in [-0.39, 0.29) is 18.3 Å². The van der Waals surface area contributed by atoms with Crippen molar-refractivity contribution in [1.29, 1.82) is 0 Å². The van der Waals surface area contributed by atoms with Gasteiger partial charge < -0.3 is 15.8 Å². The third-order valence-electron chi connectivity index (χ3n) is 5.16. The van der Waals surface area contributed by atoms with Crippen molar-refractivity contribution in [3.05, 3.63) is 10.6 Å². The molecule has 0 bridgehead atoms. The van der Waals surface area contributed by atoms with E-state index in [0.29, 0.717) is 32.6 Å². The van der Waals surface area contributed by atoms with Gasteiger partial charge in [0.1, 0.15) is 0 Å². The lowest BCUT2D eigenvalue weighted by molar-refractivity contribution is -0.130. The Kier molecular flexibility index (Phi) is 6.42. The largest absolute Gasteiger partial charge is 0.381 e. The molecule has 0 radical (unpaired) electrons. The molecule has 1 fully saturated rings.